The highest BCUT2D eigenvalue weighted by Crippen LogP contribution is 2.42. The van der Waals surface area contributed by atoms with Crippen LogP contribution < -0.4 is 15.0 Å². The molecule has 1 aliphatic rings. The highest BCUT2D eigenvalue weighted by molar-refractivity contribution is 8.04. The van der Waals surface area contributed by atoms with Gasteiger partial charge >= 0.3 is 0 Å². The quantitative estimate of drug-likeness (QED) is 0.633. The maximum atomic E-state index is 12.9. The number of likely N-dealkylation sites (N-methyl/N-ethyl adjacent to an activating group) is 2. The molecule has 0 unspecified atom stereocenters. The molecule has 0 fully saturated rings. The lowest BCUT2D eigenvalue weighted by atomic mass is 10.1. The Hall–Kier alpha value is -2.77. The Morgan fingerprint density at radius 3 is 2.52 bits per heavy atom. The molecule has 0 saturated carbocycles. The van der Waals surface area contributed by atoms with E-state index < -0.39 is 0 Å². The number of methoxy groups -OCH3 is 1. The number of nitrogens with zero attached hydrogens (tertiary/aromatic N) is 2. The van der Waals surface area contributed by atoms with Crippen molar-refractivity contribution in [2.75, 3.05) is 45.2 Å². The molecule has 31 heavy (non-hydrogen) atoms. The molecule has 0 radical (unpaired) electrons. The first-order valence-corrected chi connectivity index (χ1v) is 11.2. The van der Waals surface area contributed by atoms with Crippen molar-refractivity contribution in [3.8, 4) is 5.75 Å². The molecule has 1 aliphatic heterocycles. The van der Waals surface area contributed by atoms with E-state index >= 15 is 0 Å². The number of rotatable bonds is 8. The predicted molar refractivity (Wildman–Crippen MR) is 127 cm³/mol. The Morgan fingerprint density at radius 1 is 1.16 bits per heavy atom. The fraction of sp³-hybridized carbons (Fsp3) is 0.333. The SMILES string of the molecule is CCN(CC)CCNC(=O)c1ccc2c(c1)N(C)C(=O)C(=Cc1ccc(OC)cc1)S2. The third kappa shape index (κ3) is 5.48. The van der Waals surface area contributed by atoms with Gasteiger partial charge in [0.05, 0.1) is 17.7 Å². The van der Waals surface area contributed by atoms with Crippen LogP contribution in [-0.4, -0.2) is 57.1 Å². The van der Waals surface area contributed by atoms with E-state index in [0.717, 1.165) is 41.5 Å². The zero-order chi connectivity index (χ0) is 22.4. The number of carbonyl (C=O) groups excluding carboxylic acids is 2. The number of thioether (sulfide) groups is 1. The van der Waals surface area contributed by atoms with Crippen LogP contribution in [0.4, 0.5) is 5.69 Å². The minimum atomic E-state index is -0.125. The van der Waals surface area contributed by atoms with Gasteiger partial charge in [0, 0.05) is 30.6 Å². The maximum absolute atomic E-state index is 12.9. The van der Waals surface area contributed by atoms with Crippen molar-refractivity contribution in [2.24, 2.45) is 0 Å². The number of anilines is 1. The number of nitrogens with one attached hydrogen (secondary N) is 1. The standard InChI is InChI=1S/C24H29N3O3S/c1-5-27(6-2)14-13-25-23(28)18-9-12-21-20(16-18)26(3)24(29)22(31-21)15-17-7-10-19(30-4)11-8-17/h7-12,15-16H,5-6,13-14H2,1-4H3,(H,25,28). The molecule has 0 saturated heterocycles. The fourth-order valence-corrected chi connectivity index (χ4v) is 4.45. The van der Waals surface area contributed by atoms with Crippen molar-refractivity contribution in [2.45, 2.75) is 18.7 Å². The monoisotopic (exact) mass is 439 g/mol. The van der Waals surface area contributed by atoms with Crippen molar-refractivity contribution in [1.82, 2.24) is 10.2 Å². The molecule has 0 aliphatic carbocycles. The summed E-state index contributed by atoms with van der Waals surface area (Å²) in [5.74, 6) is 0.558. The molecule has 6 nitrogen and oxygen atoms in total. The number of amides is 2. The first-order valence-electron chi connectivity index (χ1n) is 10.4. The van der Waals surface area contributed by atoms with E-state index in [2.05, 4.69) is 24.1 Å². The summed E-state index contributed by atoms with van der Waals surface area (Å²) < 4.78 is 5.19. The van der Waals surface area contributed by atoms with Gasteiger partial charge in [-0.15, -0.1) is 0 Å². The lowest BCUT2D eigenvalue weighted by Crippen LogP contribution is -2.35. The van der Waals surface area contributed by atoms with Gasteiger partial charge in [-0.2, -0.15) is 0 Å². The average molecular weight is 440 g/mol. The van der Waals surface area contributed by atoms with Crippen molar-refractivity contribution < 1.29 is 14.3 Å². The number of hydrogen-bond acceptors (Lipinski definition) is 5. The van der Waals surface area contributed by atoms with Crippen LogP contribution in [0.3, 0.4) is 0 Å². The Balaban J connectivity index is 1.74. The summed E-state index contributed by atoms with van der Waals surface area (Å²) in [6.45, 7) is 7.55. The molecule has 3 rings (SSSR count). The van der Waals surface area contributed by atoms with Crippen LogP contribution in [0.2, 0.25) is 0 Å². The van der Waals surface area contributed by atoms with Crippen molar-refractivity contribution in [1.29, 1.82) is 0 Å². The minimum absolute atomic E-state index is 0.0904. The normalized spacial score (nSPS) is 14.7. The van der Waals surface area contributed by atoms with E-state index in [1.165, 1.54) is 11.8 Å². The van der Waals surface area contributed by atoms with E-state index in [-0.39, 0.29) is 11.8 Å². The highest BCUT2D eigenvalue weighted by atomic mass is 32.2. The van der Waals surface area contributed by atoms with Crippen LogP contribution in [0.15, 0.2) is 52.3 Å². The predicted octanol–water partition coefficient (Wildman–Crippen LogP) is 3.88. The second kappa shape index (κ2) is 10.5. The molecule has 164 valence electrons. The van der Waals surface area contributed by atoms with E-state index in [9.17, 15) is 9.59 Å². The number of carbonyl (C=O) groups is 2. The van der Waals surface area contributed by atoms with Gasteiger partial charge in [0.1, 0.15) is 5.75 Å². The molecule has 2 aromatic rings. The van der Waals surface area contributed by atoms with Gasteiger partial charge in [-0.25, -0.2) is 0 Å². The molecular weight excluding hydrogens is 410 g/mol. The van der Waals surface area contributed by atoms with Crippen LogP contribution in [0, 0.1) is 0 Å². The van der Waals surface area contributed by atoms with Crippen LogP contribution in [0.5, 0.6) is 5.75 Å². The van der Waals surface area contributed by atoms with Crippen molar-refractivity contribution in [3.05, 3.63) is 58.5 Å². The van der Waals surface area contributed by atoms with Gasteiger partial charge in [-0.3, -0.25) is 9.59 Å². The topological polar surface area (TPSA) is 61.9 Å². The summed E-state index contributed by atoms with van der Waals surface area (Å²) in [6.07, 6.45) is 1.87. The van der Waals surface area contributed by atoms with Crippen LogP contribution in [0.1, 0.15) is 29.8 Å². The van der Waals surface area contributed by atoms with Gasteiger partial charge in [-0.1, -0.05) is 37.7 Å². The molecule has 1 N–H and O–H groups in total. The Morgan fingerprint density at radius 2 is 1.87 bits per heavy atom. The van der Waals surface area contributed by atoms with Crippen LogP contribution >= 0.6 is 11.8 Å². The molecule has 0 spiro atoms. The minimum Gasteiger partial charge on any atom is -0.497 e. The van der Waals surface area contributed by atoms with E-state index in [4.69, 9.17) is 4.74 Å². The van der Waals surface area contributed by atoms with Gasteiger partial charge in [0.25, 0.3) is 11.8 Å². The number of benzene rings is 2. The maximum Gasteiger partial charge on any atom is 0.264 e. The smallest absolute Gasteiger partial charge is 0.264 e. The summed E-state index contributed by atoms with van der Waals surface area (Å²) in [5, 5.41) is 2.97. The summed E-state index contributed by atoms with van der Waals surface area (Å²) in [4.78, 5) is 30.9. The zero-order valence-electron chi connectivity index (χ0n) is 18.5. The molecular formula is C24H29N3O3S. The van der Waals surface area contributed by atoms with Gasteiger partial charge < -0.3 is 19.9 Å². The lowest BCUT2D eigenvalue weighted by Gasteiger charge is -2.27. The average Bonchev–Trinajstić information content (AvgIpc) is 2.80. The summed E-state index contributed by atoms with van der Waals surface area (Å²) in [6, 6.07) is 13.1. The first kappa shape index (κ1) is 22.9. The Bertz CT molecular complexity index is 969. The number of ether oxygens (including phenoxy) is 1. The molecule has 0 aromatic heterocycles. The molecule has 0 bridgehead atoms. The Kier molecular flexibility index (Phi) is 7.76. The molecule has 2 amide bonds. The Labute approximate surface area is 188 Å². The molecule has 2 aromatic carbocycles. The largest absolute Gasteiger partial charge is 0.497 e. The van der Waals surface area contributed by atoms with Crippen LogP contribution in [0.25, 0.3) is 6.08 Å². The summed E-state index contributed by atoms with van der Waals surface area (Å²) >= 11 is 1.42. The summed E-state index contributed by atoms with van der Waals surface area (Å²) in [7, 11) is 3.37. The summed E-state index contributed by atoms with van der Waals surface area (Å²) in [5.41, 5.74) is 2.23. The second-order valence-electron chi connectivity index (χ2n) is 7.21. The molecule has 7 heteroatoms. The van der Waals surface area contributed by atoms with Gasteiger partial charge in [-0.05, 0) is 55.1 Å². The lowest BCUT2D eigenvalue weighted by molar-refractivity contribution is -0.114. The van der Waals surface area contributed by atoms with Gasteiger partial charge in [0.15, 0.2) is 0 Å². The number of fused-ring (bicyclic) bond motifs is 1. The van der Waals surface area contributed by atoms with E-state index in [1.54, 1.807) is 25.1 Å². The third-order valence-corrected chi connectivity index (χ3v) is 6.42. The van der Waals surface area contributed by atoms with E-state index in [0.29, 0.717) is 17.0 Å². The van der Waals surface area contributed by atoms with Gasteiger partial charge in [0.2, 0.25) is 0 Å². The molecule has 0 atom stereocenters. The van der Waals surface area contributed by atoms with E-state index in [1.807, 2.05) is 42.5 Å². The number of hydrogen-bond donors (Lipinski definition) is 1. The van der Waals surface area contributed by atoms with Crippen LogP contribution in [-0.2, 0) is 4.79 Å². The second-order valence-corrected chi connectivity index (χ2v) is 8.30. The third-order valence-electron chi connectivity index (χ3n) is 5.34. The van der Waals surface area contributed by atoms with Crippen molar-refractivity contribution >= 4 is 35.3 Å². The molecule has 1 heterocycles. The zero-order valence-corrected chi connectivity index (χ0v) is 19.3. The highest BCUT2D eigenvalue weighted by Gasteiger charge is 2.27. The fourth-order valence-electron chi connectivity index (χ4n) is 3.36. The van der Waals surface area contributed by atoms with Crippen molar-refractivity contribution in [3.63, 3.8) is 0 Å². The first-order chi connectivity index (χ1) is 15.0.